The van der Waals surface area contributed by atoms with Crippen molar-refractivity contribution in [3.05, 3.63) is 89.8 Å². The van der Waals surface area contributed by atoms with Crippen LogP contribution in [0.1, 0.15) is 9.67 Å². The van der Waals surface area contributed by atoms with E-state index in [0.717, 1.165) is 33.5 Å². The average Bonchev–Trinajstić information content (AvgIpc) is 3.25. The fourth-order valence-electron chi connectivity index (χ4n) is 3.97. The Labute approximate surface area is 207 Å². The van der Waals surface area contributed by atoms with E-state index in [-0.39, 0.29) is 5.91 Å². The molecule has 0 saturated carbocycles. The van der Waals surface area contributed by atoms with E-state index < -0.39 is 0 Å². The average molecular weight is 482 g/mol. The minimum atomic E-state index is -0.308. The van der Waals surface area contributed by atoms with Gasteiger partial charge in [-0.1, -0.05) is 54.6 Å². The number of aromatic nitrogens is 1. The molecular formula is C28H23N3O3S. The molecule has 0 spiro atoms. The fraction of sp³-hybridized carbons (Fsp3) is 0.0714. The summed E-state index contributed by atoms with van der Waals surface area (Å²) in [6.45, 7) is 0. The first-order valence-corrected chi connectivity index (χ1v) is 11.8. The molecule has 0 aliphatic rings. The monoisotopic (exact) mass is 481 g/mol. The van der Waals surface area contributed by atoms with Crippen molar-refractivity contribution in [3.8, 4) is 33.9 Å². The molecule has 0 unspecified atom stereocenters. The maximum absolute atomic E-state index is 13.3. The number of para-hydroxylation sites is 2. The van der Waals surface area contributed by atoms with Gasteiger partial charge in [-0.2, -0.15) is 0 Å². The molecule has 174 valence electrons. The quantitative estimate of drug-likeness (QED) is 0.290. The fourth-order valence-corrected chi connectivity index (χ4v) is 4.99. The van der Waals surface area contributed by atoms with E-state index in [4.69, 9.17) is 20.2 Å². The number of thiophene rings is 1. The number of hydrogen-bond donors (Lipinski definition) is 2. The lowest BCUT2D eigenvalue weighted by Crippen LogP contribution is -2.12. The molecule has 3 N–H and O–H groups in total. The summed E-state index contributed by atoms with van der Waals surface area (Å²) >= 11 is 1.28. The molecule has 0 bridgehead atoms. The number of ether oxygens (including phenoxy) is 2. The second kappa shape index (κ2) is 9.48. The van der Waals surface area contributed by atoms with E-state index in [2.05, 4.69) is 5.32 Å². The molecule has 0 radical (unpaired) electrons. The summed E-state index contributed by atoms with van der Waals surface area (Å²) in [4.78, 5) is 19.3. The molecular weight excluding hydrogens is 458 g/mol. The third-order valence-electron chi connectivity index (χ3n) is 5.73. The van der Waals surface area contributed by atoms with Crippen LogP contribution in [0.5, 0.6) is 11.5 Å². The van der Waals surface area contributed by atoms with Crippen LogP contribution < -0.4 is 20.5 Å². The number of rotatable bonds is 6. The highest BCUT2D eigenvalue weighted by Gasteiger charge is 2.22. The zero-order valence-corrected chi connectivity index (χ0v) is 20.1. The van der Waals surface area contributed by atoms with Gasteiger partial charge in [0.15, 0.2) is 0 Å². The van der Waals surface area contributed by atoms with Crippen LogP contribution in [0.2, 0.25) is 0 Å². The Kier molecular flexibility index (Phi) is 6.08. The smallest absolute Gasteiger partial charge is 0.268 e. The van der Waals surface area contributed by atoms with Crippen molar-refractivity contribution in [2.45, 2.75) is 0 Å². The molecule has 0 fully saturated rings. The highest BCUT2D eigenvalue weighted by molar-refractivity contribution is 7.21. The van der Waals surface area contributed by atoms with Crippen molar-refractivity contribution < 1.29 is 14.3 Å². The summed E-state index contributed by atoms with van der Waals surface area (Å²) in [6.07, 6.45) is 0. The molecule has 2 heterocycles. The SMILES string of the molecule is COc1ccc(-c2cc(-c3ccccc3)nc3sc(C(=O)Nc4ccccc4OC)c(N)c23)cc1. The highest BCUT2D eigenvalue weighted by atomic mass is 32.1. The van der Waals surface area contributed by atoms with Crippen molar-refractivity contribution in [3.63, 3.8) is 0 Å². The van der Waals surface area contributed by atoms with Gasteiger partial charge in [0, 0.05) is 10.9 Å². The van der Waals surface area contributed by atoms with Gasteiger partial charge in [-0.3, -0.25) is 4.79 Å². The summed E-state index contributed by atoms with van der Waals surface area (Å²) in [7, 11) is 3.20. The van der Waals surface area contributed by atoms with Crippen LogP contribution in [0.3, 0.4) is 0 Å². The molecule has 35 heavy (non-hydrogen) atoms. The Morgan fingerprint density at radius 3 is 2.31 bits per heavy atom. The third kappa shape index (κ3) is 4.29. The second-order valence-corrected chi connectivity index (χ2v) is 8.83. The van der Waals surface area contributed by atoms with Crippen molar-refractivity contribution in [2.24, 2.45) is 0 Å². The molecule has 0 aliphatic carbocycles. The molecule has 3 aromatic carbocycles. The Hall–Kier alpha value is -4.36. The summed E-state index contributed by atoms with van der Waals surface area (Å²) in [5.41, 5.74) is 11.2. The van der Waals surface area contributed by atoms with Crippen molar-refractivity contribution in [2.75, 3.05) is 25.3 Å². The molecule has 2 aromatic heterocycles. The number of methoxy groups -OCH3 is 2. The predicted molar refractivity (Wildman–Crippen MR) is 142 cm³/mol. The molecule has 5 rings (SSSR count). The molecule has 0 aliphatic heterocycles. The largest absolute Gasteiger partial charge is 0.497 e. The lowest BCUT2D eigenvalue weighted by atomic mass is 9.99. The zero-order chi connectivity index (χ0) is 24.4. The third-order valence-corrected chi connectivity index (χ3v) is 6.83. The van der Waals surface area contributed by atoms with E-state index in [1.807, 2.05) is 72.8 Å². The van der Waals surface area contributed by atoms with Crippen molar-refractivity contribution >= 4 is 38.8 Å². The molecule has 0 saturated heterocycles. The number of hydrogen-bond acceptors (Lipinski definition) is 6. The number of carbonyl (C=O) groups excluding carboxylic acids is 1. The van der Waals surface area contributed by atoms with E-state index >= 15 is 0 Å². The molecule has 0 atom stereocenters. The summed E-state index contributed by atoms with van der Waals surface area (Å²) < 4.78 is 10.7. The van der Waals surface area contributed by atoms with Gasteiger partial charge in [-0.15, -0.1) is 11.3 Å². The second-order valence-electron chi connectivity index (χ2n) is 7.83. The van der Waals surface area contributed by atoms with Crippen LogP contribution in [0.15, 0.2) is 84.9 Å². The van der Waals surface area contributed by atoms with E-state index in [1.165, 1.54) is 11.3 Å². The lowest BCUT2D eigenvalue weighted by Gasteiger charge is -2.10. The van der Waals surface area contributed by atoms with Gasteiger partial charge in [-0.05, 0) is 41.5 Å². The number of anilines is 2. The summed E-state index contributed by atoms with van der Waals surface area (Å²) in [6, 6.07) is 27.0. The van der Waals surface area contributed by atoms with Crippen molar-refractivity contribution in [1.29, 1.82) is 0 Å². The van der Waals surface area contributed by atoms with E-state index in [9.17, 15) is 4.79 Å². The number of pyridine rings is 1. The number of benzene rings is 3. The van der Waals surface area contributed by atoms with Gasteiger partial charge in [-0.25, -0.2) is 4.98 Å². The first-order chi connectivity index (χ1) is 17.1. The summed E-state index contributed by atoms with van der Waals surface area (Å²) in [5, 5.41) is 3.68. The topological polar surface area (TPSA) is 86.5 Å². The zero-order valence-electron chi connectivity index (χ0n) is 19.2. The molecule has 5 aromatic rings. The van der Waals surface area contributed by atoms with Gasteiger partial charge in [0.2, 0.25) is 0 Å². The number of carbonyl (C=O) groups is 1. The standard InChI is InChI=1S/C28H23N3O3S/c1-33-19-14-12-17(13-15-19)20-16-22(18-8-4-3-5-9-18)31-28-24(20)25(29)26(35-28)27(32)30-21-10-6-7-11-23(21)34-2/h3-16H,29H2,1-2H3,(H,30,32). The molecule has 7 heteroatoms. The lowest BCUT2D eigenvalue weighted by molar-refractivity contribution is 0.103. The predicted octanol–water partition coefficient (Wildman–Crippen LogP) is 6.48. The van der Waals surface area contributed by atoms with Gasteiger partial charge in [0.05, 0.1) is 31.3 Å². The summed E-state index contributed by atoms with van der Waals surface area (Å²) in [5.74, 6) is 1.03. The first kappa shape index (κ1) is 22.4. The van der Waals surface area contributed by atoms with E-state index in [0.29, 0.717) is 26.8 Å². The van der Waals surface area contributed by atoms with Crippen LogP contribution in [0.4, 0.5) is 11.4 Å². The first-order valence-electron chi connectivity index (χ1n) is 11.0. The maximum Gasteiger partial charge on any atom is 0.268 e. The van der Waals surface area contributed by atoms with Crippen LogP contribution in [0, 0.1) is 0 Å². The molecule has 1 amide bonds. The van der Waals surface area contributed by atoms with Crippen LogP contribution in [0.25, 0.3) is 32.6 Å². The number of nitrogens with one attached hydrogen (secondary N) is 1. The number of nitrogens with zero attached hydrogens (tertiary/aromatic N) is 1. The van der Waals surface area contributed by atoms with Crippen LogP contribution in [-0.2, 0) is 0 Å². The van der Waals surface area contributed by atoms with Gasteiger partial charge >= 0.3 is 0 Å². The highest BCUT2D eigenvalue weighted by Crippen LogP contribution is 2.42. The van der Waals surface area contributed by atoms with Gasteiger partial charge in [0.25, 0.3) is 5.91 Å². The normalized spacial score (nSPS) is 10.8. The van der Waals surface area contributed by atoms with Crippen LogP contribution >= 0.6 is 11.3 Å². The minimum Gasteiger partial charge on any atom is -0.497 e. The Bertz CT molecular complexity index is 1510. The number of nitrogen functional groups attached to an aromatic ring is 1. The molecule has 6 nitrogen and oxygen atoms in total. The minimum absolute atomic E-state index is 0.308. The Balaban J connectivity index is 1.66. The van der Waals surface area contributed by atoms with Gasteiger partial charge < -0.3 is 20.5 Å². The van der Waals surface area contributed by atoms with Crippen molar-refractivity contribution in [1.82, 2.24) is 4.98 Å². The Morgan fingerprint density at radius 2 is 1.60 bits per heavy atom. The number of amides is 1. The van der Waals surface area contributed by atoms with Gasteiger partial charge in [0.1, 0.15) is 21.2 Å². The maximum atomic E-state index is 13.3. The van der Waals surface area contributed by atoms with E-state index in [1.54, 1.807) is 26.4 Å². The number of nitrogens with two attached hydrogens (primary N) is 1. The Morgan fingerprint density at radius 1 is 0.886 bits per heavy atom. The number of fused-ring (bicyclic) bond motifs is 1. The van der Waals surface area contributed by atoms with Crippen LogP contribution in [-0.4, -0.2) is 25.1 Å².